The lowest BCUT2D eigenvalue weighted by molar-refractivity contribution is 0.379. The summed E-state index contributed by atoms with van der Waals surface area (Å²) in [6, 6.07) is 8.00. The minimum atomic E-state index is 0.341. The van der Waals surface area contributed by atoms with E-state index in [-0.39, 0.29) is 0 Å². The maximum Gasteiger partial charge on any atom is 0.0314 e. The lowest BCUT2D eigenvalue weighted by atomic mass is 9.97. The summed E-state index contributed by atoms with van der Waals surface area (Å²) in [6.45, 7) is 8.61. The largest absolute Gasteiger partial charge is 0.399 e. The Balaban J connectivity index is 2.35. The van der Waals surface area contributed by atoms with Crippen LogP contribution in [0.1, 0.15) is 26.3 Å². The second kappa shape index (κ2) is 4.47. The number of hydrogen-bond acceptors (Lipinski definition) is 2. The zero-order valence-electron chi connectivity index (χ0n) is 9.30. The van der Waals surface area contributed by atoms with E-state index >= 15 is 0 Å². The first-order chi connectivity index (χ1) is 6.47. The molecule has 1 aromatic rings. The molecule has 0 saturated heterocycles. The maximum absolute atomic E-state index is 5.60. The smallest absolute Gasteiger partial charge is 0.0314 e. The van der Waals surface area contributed by atoms with E-state index < -0.39 is 0 Å². The number of benzene rings is 1. The molecule has 3 N–H and O–H groups in total. The van der Waals surface area contributed by atoms with Gasteiger partial charge in [-0.2, -0.15) is 0 Å². The van der Waals surface area contributed by atoms with Gasteiger partial charge >= 0.3 is 0 Å². The minimum absolute atomic E-state index is 0.341. The van der Waals surface area contributed by atoms with Crippen LogP contribution >= 0.6 is 0 Å². The zero-order chi connectivity index (χ0) is 10.6. The molecule has 14 heavy (non-hydrogen) atoms. The van der Waals surface area contributed by atoms with E-state index in [4.69, 9.17) is 5.73 Å². The van der Waals surface area contributed by atoms with Crippen LogP contribution in [0.2, 0.25) is 0 Å². The van der Waals surface area contributed by atoms with Crippen molar-refractivity contribution in [1.29, 1.82) is 0 Å². The topological polar surface area (TPSA) is 38.0 Å². The summed E-state index contributed by atoms with van der Waals surface area (Å²) in [7, 11) is 0. The second-order valence-electron chi connectivity index (χ2n) is 4.91. The highest BCUT2D eigenvalue weighted by molar-refractivity contribution is 5.39. The molecule has 0 spiro atoms. The molecule has 0 aliphatic heterocycles. The summed E-state index contributed by atoms with van der Waals surface area (Å²) in [5.41, 5.74) is 8.05. The van der Waals surface area contributed by atoms with Crippen molar-refractivity contribution < 1.29 is 0 Å². The standard InChI is InChI=1S/C12H20N2/c1-12(2,3)9-14-8-10-4-6-11(13)7-5-10/h4-7,14H,8-9,13H2,1-3H3. The molecule has 0 atom stereocenters. The molecule has 0 radical (unpaired) electrons. The van der Waals surface area contributed by atoms with Gasteiger partial charge in [0.2, 0.25) is 0 Å². The molecule has 0 saturated carbocycles. The van der Waals surface area contributed by atoms with Crippen LogP contribution in [0.25, 0.3) is 0 Å². The normalized spacial score (nSPS) is 11.6. The van der Waals surface area contributed by atoms with Gasteiger partial charge in [0.15, 0.2) is 0 Å². The van der Waals surface area contributed by atoms with Crippen LogP contribution in [0, 0.1) is 5.41 Å². The lowest BCUT2D eigenvalue weighted by Crippen LogP contribution is -2.26. The zero-order valence-corrected chi connectivity index (χ0v) is 9.30. The van der Waals surface area contributed by atoms with Gasteiger partial charge in [-0.1, -0.05) is 32.9 Å². The highest BCUT2D eigenvalue weighted by atomic mass is 14.9. The molecule has 0 heterocycles. The van der Waals surface area contributed by atoms with Gasteiger partial charge in [-0.15, -0.1) is 0 Å². The van der Waals surface area contributed by atoms with Crippen LogP contribution < -0.4 is 11.1 Å². The predicted molar refractivity (Wildman–Crippen MR) is 62.0 cm³/mol. The van der Waals surface area contributed by atoms with Gasteiger partial charge in [0, 0.05) is 18.8 Å². The Kier molecular flexibility index (Phi) is 3.53. The molecule has 0 aromatic heterocycles. The summed E-state index contributed by atoms with van der Waals surface area (Å²) in [6.07, 6.45) is 0. The fourth-order valence-corrected chi connectivity index (χ4v) is 1.22. The van der Waals surface area contributed by atoms with E-state index in [1.807, 2.05) is 12.1 Å². The van der Waals surface area contributed by atoms with Crippen molar-refractivity contribution in [2.75, 3.05) is 12.3 Å². The first-order valence-electron chi connectivity index (χ1n) is 5.02. The van der Waals surface area contributed by atoms with Crippen LogP contribution in [-0.2, 0) is 6.54 Å². The lowest BCUT2D eigenvalue weighted by Gasteiger charge is -2.18. The molecule has 0 amide bonds. The molecule has 0 fully saturated rings. The second-order valence-corrected chi connectivity index (χ2v) is 4.91. The fourth-order valence-electron chi connectivity index (χ4n) is 1.22. The van der Waals surface area contributed by atoms with Crippen LogP contribution in [0.3, 0.4) is 0 Å². The van der Waals surface area contributed by atoms with Crippen molar-refractivity contribution in [2.24, 2.45) is 5.41 Å². The van der Waals surface area contributed by atoms with Gasteiger partial charge in [-0.05, 0) is 23.1 Å². The Labute approximate surface area is 86.5 Å². The average Bonchev–Trinajstić information content (AvgIpc) is 2.06. The Hall–Kier alpha value is -1.02. The molecule has 0 aliphatic carbocycles. The summed E-state index contributed by atoms with van der Waals surface area (Å²) >= 11 is 0. The number of anilines is 1. The Morgan fingerprint density at radius 2 is 1.71 bits per heavy atom. The Morgan fingerprint density at radius 3 is 2.21 bits per heavy atom. The van der Waals surface area contributed by atoms with Crippen molar-refractivity contribution in [1.82, 2.24) is 5.32 Å². The maximum atomic E-state index is 5.60. The molecule has 1 rings (SSSR count). The molecule has 2 nitrogen and oxygen atoms in total. The van der Waals surface area contributed by atoms with Crippen molar-refractivity contribution in [3.63, 3.8) is 0 Å². The van der Waals surface area contributed by atoms with Crippen molar-refractivity contribution >= 4 is 5.69 Å². The van der Waals surface area contributed by atoms with Crippen molar-refractivity contribution in [3.05, 3.63) is 29.8 Å². The number of rotatable bonds is 3. The predicted octanol–water partition coefficient (Wildman–Crippen LogP) is 2.40. The van der Waals surface area contributed by atoms with Crippen LogP contribution in [0.4, 0.5) is 5.69 Å². The molecule has 0 bridgehead atoms. The van der Waals surface area contributed by atoms with Crippen LogP contribution in [0.5, 0.6) is 0 Å². The van der Waals surface area contributed by atoms with E-state index in [1.54, 1.807) is 0 Å². The van der Waals surface area contributed by atoms with Gasteiger partial charge in [0.25, 0.3) is 0 Å². The minimum Gasteiger partial charge on any atom is -0.399 e. The quantitative estimate of drug-likeness (QED) is 0.722. The number of nitrogens with two attached hydrogens (primary N) is 1. The van der Waals surface area contributed by atoms with E-state index in [0.29, 0.717) is 5.41 Å². The first-order valence-corrected chi connectivity index (χ1v) is 5.02. The average molecular weight is 192 g/mol. The van der Waals surface area contributed by atoms with Crippen molar-refractivity contribution in [2.45, 2.75) is 27.3 Å². The molecular weight excluding hydrogens is 172 g/mol. The third-order valence-electron chi connectivity index (χ3n) is 1.96. The van der Waals surface area contributed by atoms with Crippen LogP contribution in [0.15, 0.2) is 24.3 Å². The highest BCUT2D eigenvalue weighted by Crippen LogP contribution is 2.11. The van der Waals surface area contributed by atoms with Gasteiger partial charge < -0.3 is 11.1 Å². The summed E-state index contributed by atoms with van der Waals surface area (Å²) in [5.74, 6) is 0. The molecule has 0 unspecified atom stereocenters. The monoisotopic (exact) mass is 192 g/mol. The molecule has 2 heteroatoms. The highest BCUT2D eigenvalue weighted by Gasteiger charge is 2.08. The fraction of sp³-hybridized carbons (Fsp3) is 0.500. The van der Waals surface area contributed by atoms with Gasteiger partial charge in [0.1, 0.15) is 0 Å². The Morgan fingerprint density at radius 1 is 1.14 bits per heavy atom. The van der Waals surface area contributed by atoms with E-state index in [1.165, 1.54) is 5.56 Å². The van der Waals surface area contributed by atoms with E-state index in [0.717, 1.165) is 18.8 Å². The molecule has 0 aliphatic rings. The van der Waals surface area contributed by atoms with Gasteiger partial charge in [-0.3, -0.25) is 0 Å². The number of nitrogens with one attached hydrogen (secondary N) is 1. The molecular formula is C12H20N2. The van der Waals surface area contributed by atoms with E-state index in [9.17, 15) is 0 Å². The Bertz CT molecular complexity index is 269. The van der Waals surface area contributed by atoms with Crippen LogP contribution in [-0.4, -0.2) is 6.54 Å². The summed E-state index contributed by atoms with van der Waals surface area (Å²) < 4.78 is 0. The van der Waals surface area contributed by atoms with Gasteiger partial charge in [-0.25, -0.2) is 0 Å². The third kappa shape index (κ3) is 4.28. The number of nitrogen functional groups attached to an aromatic ring is 1. The molecule has 1 aromatic carbocycles. The SMILES string of the molecule is CC(C)(C)CNCc1ccc(N)cc1. The summed E-state index contributed by atoms with van der Waals surface area (Å²) in [5, 5.41) is 3.42. The summed E-state index contributed by atoms with van der Waals surface area (Å²) in [4.78, 5) is 0. The number of hydrogen-bond donors (Lipinski definition) is 2. The van der Waals surface area contributed by atoms with Crippen molar-refractivity contribution in [3.8, 4) is 0 Å². The third-order valence-corrected chi connectivity index (χ3v) is 1.96. The molecule has 78 valence electrons. The first kappa shape index (κ1) is 11.1. The van der Waals surface area contributed by atoms with Gasteiger partial charge in [0.05, 0.1) is 0 Å². The van der Waals surface area contributed by atoms with E-state index in [2.05, 4.69) is 38.2 Å².